The van der Waals surface area contributed by atoms with Gasteiger partial charge in [-0.25, -0.2) is 4.39 Å². The summed E-state index contributed by atoms with van der Waals surface area (Å²) in [6.45, 7) is 4.76. The largest absolute Gasteiger partial charge is 0.364 e. The maximum atomic E-state index is 12.9. The Morgan fingerprint density at radius 2 is 2.17 bits per heavy atom. The Balaban J connectivity index is 2.02. The average molecular weight is 312 g/mol. The van der Waals surface area contributed by atoms with Crippen LogP contribution in [0.2, 0.25) is 0 Å². The summed E-state index contributed by atoms with van der Waals surface area (Å²) < 4.78 is 15.6. The Morgan fingerprint density at radius 3 is 2.78 bits per heavy atom. The molecule has 0 spiro atoms. The summed E-state index contributed by atoms with van der Waals surface area (Å²) in [7, 11) is 0. The molecule has 0 unspecified atom stereocenters. The first kappa shape index (κ1) is 13.1. The highest BCUT2D eigenvalue weighted by Crippen LogP contribution is 2.19. The van der Waals surface area contributed by atoms with E-state index >= 15 is 0 Å². The van der Waals surface area contributed by atoms with E-state index in [2.05, 4.69) is 40.2 Å². The van der Waals surface area contributed by atoms with Gasteiger partial charge in [0, 0.05) is 29.3 Å². The maximum absolute atomic E-state index is 12.9. The first-order valence-electron chi connectivity index (χ1n) is 5.79. The summed E-state index contributed by atoms with van der Waals surface area (Å²) >= 11 is 3.34. The summed E-state index contributed by atoms with van der Waals surface area (Å²) in [5.74, 6) is 0.578. The Morgan fingerprint density at radius 1 is 1.39 bits per heavy atom. The number of aromatic nitrogens is 2. The summed E-state index contributed by atoms with van der Waals surface area (Å²) in [6.07, 6.45) is 1.94. The number of halogens is 2. The van der Waals surface area contributed by atoms with Gasteiger partial charge in [0.25, 0.3) is 0 Å². The van der Waals surface area contributed by atoms with Crippen LogP contribution in [-0.4, -0.2) is 9.78 Å². The summed E-state index contributed by atoms with van der Waals surface area (Å²) in [5, 5.41) is 7.60. The van der Waals surface area contributed by atoms with Crippen LogP contribution in [0.15, 0.2) is 34.9 Å². The third kappa shape index (κ3) is 3.10. The van der Waals surface area contributed by atoms with Crippen molar-refractivity contribution in [2.45, 2.75) is 26.4 Å². The molecule has 0 radical (unpaired) electrons. The van der Waals surface area contributed by atoms with Crippen molar-refractivity contribution < 1.29 is 4.39 Å². The number of nitrogens with one attached hydrogen (secondary N) is 1. The molecule has 0 amide bonds. The van der Waals surface area contributed by atoms with E-state index in [-0.39, 0.29) is 5.82 Å². The number of nitrogens with zero attached hydrogens (tertiary/aromatic N) is 2. The van der Waals surface area contributed by atoms with Crippen LogP contribution in [0.3, 0.4) is 0 Å². The Hall–Kier alpha value is -1.36. The van der Waals surface area contributed by atoms with Gasteiger partial charge in [0.15, 0.2) is 0 Å². The monoisotopic (exact) mass is 311 g/mol. The minimum absolute atomic E-state index is 0.241. The van der Waals surface area contributed by atoms with Crippen molar-refractivity contribution in [1.82, 2.24) is 9.78 Å². The molecule has 2 rings (SSSR count). The third-order valence-electron chi connectivity index (χ3n) is 2.61. The third-order valence-corrected chi connectivity index (χ3v) is 3.35. The van der Waals surface area contributed by atoms with E-state index in [1.807, 2.05) is 16.9 Å². The SMILES string of the molecule is CC(C)n1ccc(NCc2ccc(F)cc2Br)n1. The van der Waals surface area contributed by atoms with Crippen molar-refractivity contribution in [3.05, 3.63) is 46.3 Å². The summed E-state index contributed by atoms with van der Waals surface area (Å²) in [4.78, 5) is 0. The highest BCUT2D eigenvalue weighted by atomic mass is 79.9. The first-order chi connectivity index (χ1) is 8.56. The normalized spacial score (nSPS) is 10.9. The van der Waals surface area contributed by atoms with Gasteiger partial charge in [0.1, 0.15) is 11.6 Å². The standard InChI is InChI=1S/C13H15BrFN3/c1-9(2)18-6-5-13(17-18)16-8-10-3-4-11(15)7-12(10)14/h3-7,9H,8H2,1-2H3,(H,16,17). The van der Waals surface area contributed by atoms with E-state index in [4.69, 9.17) is 0 Å². The van der Waals surface area contributed by atoms with Gasteiger partial charge >= 0.3 is 0 Å². The second-order valence-corrected chi connectivity index (χ2v) is 5.22. The molecule has 0 bridgehead atoms. The van der Waals surface area contributed by atoms with Crippen molar-refractivity contribution in [3.63, 3.8) is 0 Å². The van der Waals surface area contributed by atoms with Crippen LogP contribution >= 0.6 is 15.9 Å². The topological polar surface area (TPSA) is 29.9 Å². The number of benzene rings is 1. The van der Waals surface area contributed by atoms with E-state index in [1.54, 1.807) is 6.07 Å². The molecule has 2 aromatic rings. The lowest BCUT2D eigenvalue weighted by Crippen LogP contribution is -2.04. The smallest absolute Gasteiger partial charge is 0.148 e. The zero-order valence-electron chi connectivity index (χ0n) is 10.3. The molecule has 0 aliphatic heterocycles. The van der Waals surface area contributed by atoms with Gasteiger partial charge in [0.05, 0.1) is 0 Å². The highest BCUT2D eigenvalue weighted by molar-refractivity contribution is 9.10. The van der Waals surface area contributed by atoms with Gasteiger partial charge < -0.3 is 5.32 Å². The van der Waals surface area contributed by atoms with Crippen LogP contribution in [0, 0.1) is 5.82 Å². The van der Waals surface area contributed by atoms with Crippen molar-refractivity contribution >= 4 is 21.7 Å². The molecule has 0 atom stereocenters. The number of anilines is 1. The first-order valence-corrected chi connectivity index (χ1v) is 6.58. The number of rotatable bonds is 4. The molecule has 0 aliphatic carbocycles. The quantitative estimate of drug-likeness (QED) is 0.925. The molecule has 96 valence electrons. The fourth-order valence-corrected chi connectivity index (χ4v) is 2.06. The molecule has 5 heteroatoms. The fraction of sp³-hybridized carbons (Fsp3) is 0.308. The molecule has 1 N–H and O–H groups in total. The summed E-state index contributed by atoms with van der Waals surface area (Å²) in [5.41, 5.74) is 0.996. The van der Waals surface area contributed by atoms with E-state index in [0.29, 0.717) is 12.6 Å². The minimum atomic E-state index is -0.241. The molecule has 0 saturated carbocycles. The maximum Gasteiger partial charge on any atom is 0.148 e. The summed E-state index contributed by atoms with van der Waals surface area (Å²) in [6, 6.07) is 6.94. The van der Waals surface area contributed by atoms with E-state index in [9.17, 15) is 4.39 Å². The van der Waals surface area contributed by atoms with Crippen molar-refractivity contribution in [3.8, 4) is 0 Å². The fourth-order valence-electron chi connectivity index (χ4n) is 1.57. The van der Waals surface area contributed by atoms with Crippen LogP contribution in [0.5, 0.6) is 0 Å². The predicted octanol–water partition coefficient (Wildman–Crippen LogP) is 3.98. The zero-order chi connectivity index (χ0) is 13.1. The van der Waals surface area contributed by atoms with Gasteiger partial charge in [-0.05, 0) is 31.5 Å². The van der Waals surface area contributed by atoms with Gasteiger partial charge in [-0.3, -0.25) is 4.68 Å². The van der Waals surface area contributed by atoms with E-state index in [1.165, 1.54) is 12.1 Å². The lowest BCUT2D eigenvalue weighted by atomic mass is 10.2. The van der Waals surface area contributed by atoms with Gasteiger partial charge in [-0.2, -0.15) is 5.10 Å². The average Bonchev–Trinajstić information content (AvgIpc) is 2.76. The molecule has 1 aromatic carbocycles. The van der Waals surface area contributed by atoms with Crippen LogP contribution in [-0.2, 0) is 6.54 Å². The van der Waals surface area contributed by atoms with Crippen molar-refractivity contribution in [1.29, 1.82) is 0 Å². The predicted molar refractivity (Wildman–Crippen MR) is 74.0 cm³/mol. The van der Waals surface area contributed by atoms with Crippen LogP contribution in [0.4, 0.5) is 10.2 Å². The number of hydrogen-bond donors (Lipinski definition) is 1. The molecule has 1 aromatic heterocycles. The molecule has 0 aliphatic rings. The Labute approximate surface area is 114 Å². The lowest BCUT2D eigenvalue weighted by Gasteiger charge is -2.07. The molecule has 0 fully saturated rings. The second kappa shape index (κ2) is 5.52. The molecule has 18 heavy (non-hydrogen) atoms. The molecular weight excluding hydrogens is 297 g/mol. The minimum Gasteiger partial charge on any atom is -0.364 e. The van der Waals surface area contributed by atoms with E-state index < -0.39 is 0 Å². The van der Waals surface area contributed by atoms with Crippen LogP contribution in [0.25, 0.3) is 0 Å². The van der Waals surface area contributed by atoms with Gasteiger partial charge in [-0.15, -0.1) is 0 Å². The van der Waals surface area contributed by atoms with Crippen LogP contribution in [0.1, 0.15) is 25.5 Å². The van der Waals surface area contributed by atoms with Crippen molar-refractivity contribution in [2.75, 3.05) is 5.32 Å². The van der Waals surface area contributed by atoms with Gasteiger partial charge in [0.2, 0.25) is 0 Å². The Kier molecular flexibility index (Phi) is 4.01. The van der Waals surface area contributed by atoms with E-state index in [0.717, 1.165) is 15.9 Å². The molecule has 0 saturated heterocycles. The van der Waals surface area contributed by atoms with Gasteiger partial charge in [-0.1, -0.05) is 22.0 Å². The zero-order valence-corrected chi connectivity index (χ0v) is 11.9. The molecule has 3 nitrogen and oxygen atoms in total. The molecule has 1 heterocycles. The van der Waals surface area contributed by atoms with Crippen molar-refractivity contribution in [2.24, 2.45) is 0 Å². The molecular formula is C13H15BrFN3. The van der Waals surface area contributed by atoms with Crippen LogP contribution < -0.4 is 5.32 Å². The lowest BCUT2D eigenvalue weighted by molar-refractivity contribution is 0.534. The number of hydrogen-bond acceptors (Lipinski definition) is 2. The highest BCUT2D eigenvalue weighted by Gasteiger charge is 2.04. The Bertz CT molecular complexity index is 537. The second-order valence-electron chi connectivity index (χ2n) is 4.36.